The monoisotopic (exact) mass is 476 g/mol. The van der Waals surface area contributed by atoms with Crippen LogP contribution in [0.1, 0.15) is 52.4 Å². The fourth-order valence-electron chi connectivity index (χ4n) is 8.87. The lowest BCUT2D eigenvalue weighted by atomic mass is 9.45. The first-order chi connectivity index (χ1) is 16.3. The molecule has 1 heterocycles. The van der Waals surface area contributed by atoms with Crippen molar-refractivity contribution in [2.24, 2.45) is 52.8 Å². The van der Waals surface area contributed by atoms with Gasteiger partial charge in [0, 0.05) is 17.3 Å². The largest absolute Gasteiger partial charge is 0.481 e. The lowest BCUT2D eigenvalue weighted by Gasteiger charge is -2.62. The summed E-state index contributed by atoms with van der Waals surface area (Å²) in [7, 11) is 0. The number of allylic oxidation sites excluding steroid dienone is 1. The molecule has 10 atom stereocenters. The molecule has 4 fully saturated rings. The van der Waals surface area contributed by atoms with Crippen molar-refractivity contribution in [3.05, 3.63) is 11.6 Å². The Kier molecular flexibility index (Phi) is 6.68. The lowest BCUT2D eigenvalue weighted by Crippen LogP contribution is -2.64. The number of rotatable bonds is 6. The van der Waals surface area contributed by atoms with E-state index < -0.39 is 23.9 Å². The Balaban J connectivity index is 1.49. The molecule has 0 spiro atoms. The van der Waals surface area contributed by atoms with Gasteiger partial charge in [0.15, 0.2) is 5.78 Å². The van der Waals surface area contributed by atoms with E-state index >= 15 is 0 Å². The van der Waals surface area contributed by atoms with Crippen LogP contribution in [-0.2, 0) is 19.1 Å². The van der Waals surface area contributed by atoms with E-state index in [1.54, 1.807) is 6.08 Å². The molecule has 2 bridgehead atoms. The van der Waals surface area contributed by atoms with Crippen molar-refractivity contribution in [3.8, 4) is 0 Å². The van der Waals surface area contributed by atoms with E-state index in [-0.39, 0.29) is 60.1 Å². The molecule has 34 heavy (non-hydrogen) atoms. The van der Waals surface area contributed by atoms with Gasteiger partial charge in [-0.05, 0) is 74.2 Å². The van der Waals surface area contributed by atoms with Crippen molar-refractivity contribution in [2.75, 3.05) is 26.4 Å². The van der Waals surface area contributed by atoms with Crippen LogP contribution in [0.25, 0.3) is 0 Å². The van der Waals surface area contributed by atoms with Crippen LogP contribution >= 0.6 is 0 Å². The van der Waals surface area contributed by atoms with Crippen molar-refractivity contribution in [2.45, 2.75) is 64.6 Å². The number of ether oxygens (including phenoxy) is 2. The minimum absolute atomic E-state index is 0.0256. The Morgan fingerprint density at radius 1 is 1.24 bits per heavy atom. The second kappa shape index (κ2) is 9.30. The summed E-state index contributed by atoms with van der Waals surface area (Å²) >= 11 is 0. The SMILES string of the molecule is CC(C)CC1CCC2C3CCC4C5COC[C@@]4(C[C@@H](O)[C@@H]5OCCO)C3=CC(=O)C2C1C(=O)O. The van der Waals surface area contributed by atoms with Crippen LogP contribution in [0.3, 0.4) is 0 Å². The predicted octanol–water partition coefficient (Wildman–Crippen LogP) is 2.69. The van der Waals surface area contributed by atoms with Crippen molar-refractivity contribution in [3.63, 3.8) is 0 Å². The van der Waals surface area contributed by atoms with E-state index in [9.17, 15) is 24.9 Å². The average molecular weight is 477 g/mol. The average Bonchev–Trinajstić information content (AvgIpc) is 2.78. The Morgan fingerprint density at radius 3 is 2.74 bits per heavy atom. The normalized spacial score (nSPS) is 45.7. The molecule has 0 aromatic carbocycles. The van der Waals surface area contributed by atoms with E-state index in [1.165, 1.54) is 0 Å². The smallest absolute Gasteiger partial charge is 0.307 e. The van der Waals surface area contributed by atoms with Gasteiger partial charge in [-0.15, -0.1) is 0 Å². The highest BCUT2D eigenvalue weighted by Crippen LogP contribution is 2.64. The van der Waals surface area contributed by atoms with Crippen molar-refractivity contribution in [1.82, 2.24) is 0 Å². The van der Waals surface area contributed by atoms with E-state index in [4.69, 9.17) is 9.47 Å². The van der Waals surface area contributed by atoms with Crippen LogP contribution in [0, 0.1) is 52.8 Å². The molecule has 0 aromatic rings. The highest BCUT2D eigenvalue weighted by Gasteiger charge is 2.63. The standard InChI is InChI=1S/C27H40O7/c1-14(2)9-15-3-4-17-16-5-6-19-18-12-33-13-27(19,11-22(30)25(18)34-8-7-28)20(16)10-21(29)24(17)23(15)26(31)32/h10,14-19,22-25,28,30H,3-9,11-13H2,1-2H3,(H,31,32)/t15?,16?,17?,18?,19?,22-,23?,24?,25-,27-/m1/s1. The topological polar surface area (TPSA) is 113 Å². The number of hydrogen-bond acceptors (Lipinski definition) is 6. The van der Waals surface area contributed by atoms with Gasteiger partial charge < -0.3 is 24.8 Å². The number of aliphatic carboxylic acids is 1. The first-order valence-electron chi connectivity index (χ1n) is 13.3. The third-order valence-electron chi connectivity index (χ3n) is 9.87. The number of carboxylic acid groups (broad SMARTS) is 1. The number of carboxylic acids is 1. The summed E-state index contributed by atoms with van der Waals surface area (Å²) in [5.41, 5.74) is 0.740. The summed E-state index contributed by atoms with van der Waals surface area (Å²) in [6.07, 6.45) is 5.79. The van der Waals surface area contributed by atoms with Gasteiger partial charge in [0.05, 0.1) is 44.6 Å². The minimum atomic E-state index is -0.824. The van der Waals surface area contributed by atoms with Crippen LogP contribution in [0.5, 0.6) is 0 Å². The molecule has 0 radical (unpaired) electrons. The fourth-order valence-corrected chi connectivity index (χ4v) is 8.87. The minimum Gasteiger partial charge on any atom is -0.481 e. The Hall–Kier alpha value is -1.28. The molecule has 7 nitrogen and oxygen atoms in total. The van der Waals surface area contributed by atoms with E-state index in [2.05, 4.69) is 13.8 Å². The van der Waals surface area contributed by atoms with Gasteiger partial charge in [0.2, 0.25) is 0 Å². The van der Waals surface area contributed by atoms with Gasteiger partial charge in [-0.1, -0.05) is 19.4 Å². The summed E-state index contributed by atoms with van der Waals surface area (Å²) in [6.45, 7) is 5.38. The van der Waals surface area contributed by atoms with Crippen molar-refractivity contribution >= 4 is 11.8 Å². The Labute approximate surface area is 201 Å². The van der Waals surface area contributed by atoms with Gasteiger partial charge in [0.25, 0.3) is 0 Å². The lowest BCUT2D eigenvalue weighted by molar-refractivity contribution is -0.216. The number of carbonyl (C=O) groups excluding carboxylic acids is 1. The quantitative estimate of drug-likeness (QED) is 0.540. The molecule has 1 saturated heterocycles. The molecule has 190 valence electrons. The van der Waals surface area contributed by atoms with E-state index in [0.29, 0.717) is 25.6 Å². The van der Waals surface area contributed by atoms with Crippen molar-refractivity contribution < 1.29 is 34.4 Å². The second-order valence-electron chi connectivity index (χ2n) is 12.0. The van der Waals surface area contributed by atoms with Crippen LogP contribution in [-0.4, -0.2) is 65.7 Å². The Morgan fingerprint density at radius 2 is 2.03 bits per heavy atom. The molecular formula is C27H40O7. The van der Waals surface area contributed by atoms with Gasteiger partial charge in [0.1, 0.15) is 0 Å². The second-order valence-corrected chi connectivity index (χ2v) is 12.0. The van der Waals surface area contributed by atoms with Gasteiger partial charge in [-0.3, -0.25) is 9.59 Å². The first kappa shape index (κ1) is 24.4. The highest BCUT2D eigenvalue weighted by molar-refractivity contribution is 5.97. The van der Waals surface area contributed by atoms with Crippen LogP contribution < -0.4 is 0 Å². The maximum Gasteiger partial charge on any atom is 0.307 e. The van der Waals surface area contributed by atoms with Crippen LogP contribution in [0.15, 0.2) is 11.6 Å². The number of fused-ring (bicyclic) bond motifs is 3. The summed E-state index contributed by atoms with van der Waals surface area (Å²) in [5, 5.41) is 30.5. The molecule has 5 rings (SSSR count). The number of aliphatic hydroxyl groups excluding tert-OH is 2. The zero-order valence-corrected chi connectivity index (χ0v) is 20.4. The van der Waals surface area contributed by atoms with Gasteiger partial charge >= 0.3 is 5.97 Å². The van der Waals surface area contributed by atoms with Crippen LogP contribution in [0.4, 0.5) is 0 Å². The first-order valence-corrected chi connectivity index (χ1v) is 13.3. The van der Waals surface area contributed by atoms with E-state index in [1.807, 2.05) is 0 Å². The number of aliphatic hydroxyl groups is 2. The third kappa shape index (κ3) is 3.78. The Bertz CT molecular complexity index is 837. The highest BCUT2D eigenvalue weighted by atomic mass is 16.5. The van der Waals surface area contributed by atoms with E-state index in [0.717, 1.165) is 37.7 Å². The number of hydrogen-bond donors (Lipinski definition) is 3. The predicted molar refractivity (Wildman–Crippen MR) is 124 cm³/mol. The molecule has 7 heteroatoms. The molecule has 3 N–H and O–H groups in total. The molecular weight excluding hydrogens is 436 g/mol. The maximum atomic E-state index is 13.7. The van der Waals surface area contributed by atoms with Gasteiger partial charge in [-0.25, -0.2) is 0 Å². The summed E-state index contributed by atoms with van der Waals surface area (Å²) in [4.78, 5) is 26.1. The molecule has 4 aliphatic carbocycles. The molecule has 0 aromatic heterocycles. The zero-order chi connectivity index (χ0) is 24.2. The van der Waals surface area contributed by atoms with Crippen molar-refractivity contribution in [1.29, 1.82) is 0 Å². The van der Waals surface area contributed by atoms with Gasteiger partial charge in [-0.2, -0.15) is 0 Å². The summed E-state index contributed by atoms with van der Waals surface area (Å²) < 4.78 is 12.0. The fraction of sp³-hybridized carbons (Fsp3) is 0.852. The number of carbonyl (C=O) groups is 2. The molecule has 0 amide bonds. The molecule has 1 aliphatic heterocycles. The van der Waals surface area contributed by atoms with Crippen LogP contribution in [0.2, 0.25) is 0 Å². The summed E-state index contributed by atoms with van der Waals surface area (Å²) in [5.74, 6) is -0.883. The molecule has 5 aliphatic rings. The zero-order valence-electron chi connectivity index (χ0n) is 20.4. The molecule has 7 unspecified atom stereocenters. The maximum absolute atomic E-state index is 13.7. The molecule has 3 saturated carbocycles. The third-order valence-corrected chi connectivity index (χ3v) is 9.87. The summed E-state index contributed by atoms with van der Waals surface area (Å²) in [6, 6.07) is 0. The number of ketones is 1.